The van der Waals surface area contributed by atoms with Gasteiger partial charge in [0.05, 0.1) is 11.4 Å². The number of sulfonamides is 1. The Morgan fingerprint density at radius 3 is 2.52 bits per heavy atom. The molecule has 0 aliphatic rings. The fourth-order valence-electron chi connectivity index (χ4n) is 1.73. The number of hydrogen-bond acceptors (Lipinski definition) is 3. The van der Waals surface area contributed by atoms with E-state index in [4.69, 9.17) is 17.3 Å². The monoisotopic (exact) mass is 332 g/mol. The van der Waals surface area contributed by atoms with Crippen molar-refractivity contribution in [3.63, 3.8) is 0 Å². The Morgan fingerprint density at radius 2 is 1.90 bits per heavy atom. The summed E-state index contributed by atoms with van der Waals surface area (Å²) in [6, 6.07) is 6.04. The minimum Gasteiger partial charge on any atom is -0.396 e. The van der Waals surface area contributed by atoms with Crippen molar-refractivity contribution in [2.75, 3.05) is 10.5 Å². The Hall–Kier alpha value is -1.86. The number of nitrogen functional groups attached to an aromatic ring is 1. The van der Waals surface area contributed by atoms with Gasteiger partial charge in [0.1, 0.15) is 10.7 Å². The second kappa shape index (κ2) is 5.50. The predicted molar refractivity (Wildman–Crippen MR) is 77.8 cm³/mol. The summed E-state index contributed by atoms with van der Waals surface area (Å²) in [7, 11) is -4.36. The maximum Gasteiger partial charge on any atom is 0.265 e. The molecular formula is C13H11ClF2N2O2S. The summed E-state index contributed by atoms with van der Waals surface area (Å²) in [5, 5.41) is -0.0421. The quantitative estimate of drug-likeness (QED) is 0.847. The molecule has 2 aromatic carbocycles. The van der Waals surface area contributed by atoms with Crippen LogP contribution in [-0.2, 0) is 10.0 Å². The average molecular weight is 333 g/mol. The summed E-state index contributed by atoms with van der Waals surface area (Å²) in [4.78, 5) is -0.741. The normalized spacial score (nSPS) is 11.4. The van der Waals surface area contributed by atoms with Crippen LogP contribution in [0.4, 0.5) is 20.2 Å². The fourth-order valence-corrected chi connectivity index (χ4v) is 3.29. The molecule has 0 heterocycles. The number of nitrogens with one attached hydrogen (secondary N) is 1. The van der Waals surface area contributed by atoms with Gasteiger partial charge >= 0.3 is 0 Å². The first-order chi connectivity index (χ1) is 9.72. The number of para-hydroxylation sites is 1. The number of nitrogens with two attached hydrogens (primary N) is 1. The summed E-state index contributed by atoms with van der Waals surface area (Å²) >= 11 is 5.68. The summed E-state index contributed by atoms with van der Waals surface area (Å²) < 4.78 is 54.0. The maximum atomic E-state index is 13.9. The highest BCUT2D eigenvalue weighted by Gasteiger charge is 2.23. The molecule has 0 bridgehead atoms. The first-order valence-corrected chi connectivity index (χ1v) is 7.61. The topological polar surface area (TPSA) is 72.2 Å². The van der Waals surface area contributed by atoms with Crippen LogP contribution in [0.15, 0.2) is 35.2 Å². The molecule has 112 valence electrons. The van der Waals surface area contributed by atoms with E-state index in [1.54, 1.807) is 0 Å². The molecule has 0 fully saturated rings. The van der Waals surface area contributed by atoms with E-state index in [9.17, 15) is 17.2 Å². The van der Waals surface area contributed by atoms with Crippen molar-refractivity contribution in [3.8, 4) is 0 Å². The van der Waals surface area contributed by atoms with Crippen molar-refractivity contribution in [1.82, 2.24) is 0 Å². The molecule has 0 atom stereocenters. The Kier molecular flexibility index (Phi) is 4.06. The Balaban J connectivity index is 2.54. The lowest BCUT2D eigenvalue weighted by molar-refractivity contribution is 0.571. The summed E-state index contributed by atoms with van der Waals surface area (Å²) in [6.45, 7) is 1.52. The molecule has 2 rings (SSSR count). The van der Waals surface area contributed by atoms with E-state index in [0.29, 0.717) is 5.56 Å². The number of rotatable bonds is 3. The van der Waals surface area contributed by atoms with Crippen molar-refractivity contribution in [1.29, 1.82) is 0 Å². The molecule has 0 unspecified atom stereocenters. The van der Waals surface area contributed by atoms with Crippen LogP contribution in [0, 0.1) is 18.6 Å². The first-order valence-electron chi connectivity index (χ1n) is 5.75. The summed E-state index contributed by atoms with van der Waals surface area (Å²) in [5.41, 5.74) is 5.04. The van der Waals surface area contributed by atoms with Gasteiger partial charge in [-0.25, -0.2) is 17.2 Å². The molecule has 3 N–H and O–H groups in total. The van der Waals surface area contributed by atoms with Gasteiger partial charge < -0.3 is 5.73 Å². The van der Waals surface area contributed by atoms with Crippen LogP contribution in [-0.4, -0.2) is 8.42 Å². The molecular weight excluding hydrogens is 322 g/mol. The van der Waals surface area contributed by atoms with E-state index in [1.165, 1.54) is 19.1 Å². The van der Waals surface area contributed by atoms with Crippen molar-refractivity contribution < 1.29 is 17.2 Å². The minimum absolute atomic E-state index is 0.0421. The van der Waals surface area contributed by atoms with Crippen molar-refractivity contribution in [2.24, 2.45) is 0 Å². The van der Waals surface area contributed by atoms with Crippen LogP contribution < -0.4 is 10.5 Å². The van der Waals surface area contributed by atoms with Gasteiger partial charge in [0.15, 0.2) is 5.82 Å². The van der Waals surface area contributed by atoms with Crippen molar-refractivity contribution in [2.45, 2.75) is 11.8 Å². The molecule has 0 saturated heterocycles. The molecule has 0 aliphatic heterocycles. The van der Waals surface area contributed by atoms with Gasteiger partial charge in [-0.1, -0.05) is 23.7 Å². The second-order valence-electron chi connectivity index (χ2n) is 4.34. The number of hydrogen-bond donors (Lipinski definition) is 2. The first kappa shape index (κ1) is 15.5. The van der Waals surface area contributed by atoms with E-state index in [0.717, 1.165) is 18.2 Å². The van der Waals surface area contributed by atoms with Crippen LogP contribution >= 0.6 is 11.6 Å². The molecule has 0 amide bonds. The third kappa shape index (κ3) is 3.08. The Morgan fingerprint density at radius 1 is 1.24 bits per heavy atom. The van der Waals surface area contributed by atoms with Crippen LogP contribution in [0.1, 0.15) is 5.56 Å². The molecule has 0 aromatic heterocycles. The zero-order valence-electron chi connectivity index (χ0n) is 10.8. The number of halogens is 3. The lowest BCUT2D eigenvalue weighted by atomic mass is 10.2. The van der Waals surface area contributed by atoms with Crippen LogP contribution in [0.3, 0.4) is 0 Å². The summed E-state index contributed by atoms with van der Waals surface area (Å²) in [5.74, 6) is -1.91. The Bertz CT molecular complexity index is 790. The van der Waals surface area contributed by atoms with Gasteiger partial charge in [-0.2, -0.15) is 0 Å². The molecule has 0 spiro atoms. The van der Waals surface area contributed by atoms with Crippen LogP contribution in [0.2, 0.25) is 5.02 Å². The van der Waals surface area contributed by atoms with Gasteiger partial charge in [-0.3, -0.25) is 4.72 Å². The highest BCUT2D eigenvalue weighted by atomic mass is 35.5. The fraction of sp³-hybridized carbons (Fsp3) is 0.0769. The third-order valence-electron chi connectivity index (χ3n) is 2.78. The zero-order chi connectivity index (χ0) is 15.8. The Labute approximate surface area is 125 Å². The van der Waals surface area contributed by atoms with E-state index in [1.807, 2.05) is 4.72 Å². The van der Waals surface area contributed by atoms with E-state index < -0.39 is 32.2 Å². The van der Waals surface area contributed by atoms with E-state index in [-0.39, 0.29) is 10.7 Å². The zero-order valence-corrected chi connectivity index (χ0v) is 12.4. The van der Waals surface area contributed by atoms with Gasteiger partial charge in [-0.15, -0.1) is 0 Å². The third-order valence-corrected chi connectivity index (χ3v) is 4.35. The molecule has 4 nitrogen and oxygen atoms in total. The van der Waals surface area contributed by atoms with Gasteiger partial charge in [-0.05, 0) is 30.7 Å². The van der Waals surface area contributed by atoms with Gasteiger partial charge in [0.2, 0.25) is 0 Å². The van der Waals surface area contributed by atoms with Gasteiger partial charge in [0.25, 0.3) is 10.0 Å². The van der Waals surface area contributed by atoms with Crippen molar-refractivity contribution in [3.05, 3.63) is 52.6 Å². The molecule has 21 heavy (non-hydrogen) atoms. The van der Waals surface area contributed by atoms with Gasteiger partial charge in [0, 0.05) is 5.02 Å². The highest BCUT2D eigenvalue weighted by Crippen LogP contribution is 2.28. The molecule has 0 aliphatic carbocycles. The highest BCUT2D eigenvalue weighted by molar-refractivity contribution is 7.92. The molecule has 2 aromatic rings. The maximum absolute atomic E-state index is 13.9. The standard InChI is InChI=1S/C13H11ClF2N2O2S/c1-7-3-2-4-9(15)13(7)18-21(19,20)11-6-8(14)5-10(17)12(11)16/h2-6,18H,17H2,1H3. The van der Waals surface area contributed by atoms with Crippen molar-refractivity contribution >= 4 is 33.0 Å². The number of benzene rings is 2. The lowest BCUT2D eigenvalue weighted by Crippen LogP contribution is -2.17. The molecule has 0 saturated carbocycles. The van der Waals surface area contributed by atoms with E-state index in [2.05, 4.69) is 0 Å². The number of aryl methyl sites for hydroxylation is 1. The predicted octanol–water partition coefficient (Wildman–Crippen LogP) is 3.31. The van der Waals surface area contributed by atoms with E-state index >= 15 is 0 Å². The lowest BCUT2D eigenvalue weighted by Gasteiger charge is -2.13. The number of anilines is 2. The SMILES string of the molecule is Cc1cccc(F)c1NS(=O)(=O)c1cc(Cl)cc(N)c1F. The second-order valence-corrected chi connectivity index (χ2v) is 6.43. The molecule has 0 radical (unpaired) electrons. The van der Waals surface area contributed by atoms with Crippen LogP contribution in [0.25, 0.3) is 0 Å². The largest absolute Gasteiger partial charge is 0.396 e. The molecule has 8 heteroatoms. The smallest absolute Gasteiger partial charge is 0.265 e. The average Bonchev–Trinajstić information content (AvgIpc) is 2.38. The summed E-state index contributed by atoms with van der Waals surface area (Å²) in [6.07, 6.45) is 0. The minimum atomic E-state index is -4.36. The van der Waals surface area contributed by atoms with Crippen LogP contribution in [0.5, 0.6) is 0 Å².